The molecular formula is C15H23NO. The van der Waals surface area contributed by atoms with Crippen molar-refractivity contribution in [1.29, 1.82) is 0 Å². The van der Waals surface area contributed by atoms with Crippen molar-refractivity contribution in [3.63, 3.8) is 0 Å². The highest BCUT2D eigenvalue weighted by Gasteiger charge is 2.25. The molecule has 2 rings (SSSR count). The summed E-state index contributed by atoms with van der Waals surface area (Å²) in [5.74, 6) is 0.976. The predicted octanol–water partition coefficient (Wildman–Crippen LogP) is 3.15. The largest absolute Gasteiger partial charge is 0.493 e. The van der Waals surface area contributed by atoms with Gasteiger partial charge in [-0.1, -0.05) is 26.0 Å². The van der Waals surface area contributed by atoms with Crippen LogP contribution in [0.5, 0.6) is 5.75 Å². The maximum atomic E-state index is 5.86. The smallest absolute Gasteiger partial charge is 0.119 e. The molecule has 0 atom stereocenters. The summed E-state index contributed by atoms with van der Waals surface area (Å²) in [4.78, 5) is 0. The Kier molecular flexibility index (Phi) is 3.72. The van der Waals surface area contributed by atoms with E-state index in [2.05, 4.69) is 38.2 Å². The third-order valence-electron chi connectivity index (χ3n) is 3.07. The van der Waals surface area contributed by atoms with Crippen LogP contribution in [0, 0.1) is 12.3 Å². The van der Waals surface area contributed by atoms with Crippen molar-refractivity contribution in [2.75, 3.05) is 13.2 Å². The Morgan fingerprint density at radius 1 is 1.35 bits per heavy atom. The van der Waals surface area contributed by atoms with Crippen molar-refractivity contribution in [3.8, 4) is 5.75 Å². The van der Waals surface area contributed by atoms with E-state index < -0.39 is 0 Å². The summed E-state index contributed by atoms with van der Waals surface area (Å²) in [5, 5.41) is 3.56. The lowest BCUT2D eigenvalue weighted by atomic mass is 9.95. The normalized spacial score (nSPS) is 15.9. The molecule has 0 radical (unpaired) electrons. The van der Waals surface area contributed by atoms with Crippen molar-refractivity contribution in [1.82, 2.24) is 5.32 Å². The molecule has 0 amide bonds. The average molecular weight is 233 g/mol. The zero-order valence-corrected chi connectivity index (χ0v) is 11.1. The lowest BCUT2D eigenvalue weighted by molar-refractivity contribution is 0.176. The monoisotopic (exact) mass is 233 g/mol. The Labute approximate surface area is 104 Å². The Balaban J connectivity index is 1.78. The first-order valence-corrected chi connectivity index (χ1v) is 6.48. The fourth-order valence-corrected chi connectivity index (χ4v) is 1.74. The fourth-order valence-electron chi connectivity index (χ4n) is 1.74. The van der Waals surface area contributed by atoms with Crippen molar-refractivity contribution >= 4 is 0 Å². The molecule has 1 aromatic rings. The van der Waals surface area contributed by atoms with Crippen molar-refractivity contribution < 1.29 is 4.74 Å². The summed E-state index contributed by atoms with van der Waals surface area (Å²) < 4.78 is 5.86. The molecule has 0 saturated heterocycles. The number of rotatable bonds is 6. The van der Waals surface area contributed by atoms with Gasteiger partial charge in [0.05, 0.1) is 6.61 Å². The third kappa shape index (κ3) is 4.39. The minimum atomic E-state index is 0.187. The Bertz CT molecular complexity index is 369. The molecule has 0 aromatic heterocycles. The molecule has 2 heteroatoms. The van der Waals surface area contributed by atoms with Crippen LogP contribution < -0.4 is 10.1 Å². The van der Waals surface area contributed by atoms with Crippen molar-refractivity contribution in [2.45, 2.75) is 39.7 Å². The van der Waals surface area contributed by atoms with E-state index in [1.54, 1.807) is 0 Å². The van der Waals surface area contributed by atoms with E-state index in [9.17, 15) is 0 Å². The van der Waals surface area contributed by atoms with Crippen LogP contribution in [0.15, 0.2) is 24.3 Å². The second-order valence-corrected chi connectivity index (χ2v) is 5.92. The van der Waals surface area contributed by atoms with E-state index >= 15 is 0 Å². The molecule has 0 unspecified atom stereocenters. The van der Waals surface area contributed by atoms with Gasteiger partial charge < -0.3 is 10.1 Å². The first-order valence-electron chi connectivity index (χ1n) is 6.48. The molecule has 0 heterocycles. The zero-order chi connectivity index (χ0) is 12.3. The topological polar surface area (TPSA) is 21.3 Å². The molecule has 1 aromatic carbocycles. The van der Waals surface area contributed by atoms with E-state index in [1.165, 1.54) is 18.4 Å². The quantitative estimate of drug-likeness (QED) is 0.815. The second kappa shape index (κ2) is 5.09. The van der Waals surface area contributed by atoms with Crippen molar-refractivity contribution in [2.24, 2.45) is 5.41 Å². The molecule has 94 valence electrons. The van der Waals surface area contributed by atoms with Gasteiger partial charge in [0.15, 0.2) is 0 Å². The molecule has 0 bridgehead atoms. The van der Waals surface area contributed by atoms with Crippen LogP contribution in [0.1, 0.15) is 32.3 Å². The predicted molar refractivity (Wildman–Crippen MR) is 71.5 cm³/mol. The third-order valence-corrected chi connectivity index (χ3v) is 3.07. The van der Waals surface area contributed by atoms with Gasteiger partial charge in [-0.05, 0) is 37.5 Å². The Morgan fingerprint density at radius 3 is 2.76 bits per heavy atom. The van der Waals surface area contributed by atoms with E-state index in [0.717, 1.165) is 24.9 Å². The van der Waals surface area contributed by atoms with Gasteiger partial charge in [-0.3, -0.25) is 0 Å². The zero-order valence-electron chi connectivity index (χ0n) is 11.1. The van der Waals surface area contributed by atoms with Crippen LogP contribution in [0.2, 0.25) is 0 Å². The van der Waals surface area contributed by atoms with Gasteiger partial charge in [0.2, 0.25) is 0 Å². The summed E-state index contributed by atoms with van der Waals surface area (Å²) in [6.07, 6.45) is 2.68. The molecule has 1 saturated carbocycles. The molecule has 1 aliphatic rings. The molecule has 1 N–H and O–H groups in total. The van der Waals surface area contributed by atoms with Gasteiger partial charge >= 0.3 is 0 Å². The first kappa shape index (κ1) is 12.4. The lowest BCUT2D eigenvalue weighted by Crippen LogP contribution is -2.35. The maximum absolute atomic E-state index is 5.86. The fraction of sp³-hybridized carbons (Fsp3) is 0.600. The van der Waals surface area contributed by atoms with Gasteiger partial charge in [-0.15, -0.1) is 0 Å². The number of hydrogen-bond acceptors (Lipinski definition) is 2. The number of aryl methyl sites for hydroxylation is 1. The second-order valence-electron chi connectivity index (χ2n) is 5.92. The van der Waals surface area contributed by atoms with E-state index in [4.69, 9.17) is 4.74 Å². The number of benzene rings is 1. The number of ether oxygens (including phenoxy) is 1. The highest BCUT2D eigenvalue weighted by Crippen LogP contribution is 2.23. The van der Waals surface area contributed by atoms with Gasteiger partial charge in [0, 0.05) is 18.0 Å². The molecule has 1 aliphatic carbocycles. The Morgan fingerprint density at radius 2 is 2.12 bits per heavy atom. The molecule has 0 aliphatic heterocycles. The van der Waals surface area contributed by atoms with Gasteiger partial charge in [-0.2, -0.15) is 0 Å². The van der Waals surface area contributed by atoms with Gasteiger partial charge in [-0.25, -0.2) is 0 Å². The Hall–Kier alpha value is -1.02. The van der Waals surface area contributed by atoms with E-state index in [1.807, 2.05) is 12.1 Å². The van der Waals surface area contributed by atoms with E-state index in [0.29, 0.717) is 0 Å². The van der Waals surface area contributed by atoms with Gasteiger partial charge in [0.25, 0.3) is 0 Å². The SMILES string of the molecule is Cc1cccc(OCC(C)(C)CNC2CC2)c1. The maximum Gasteiger partial charge on any atom is 0.119 e. The number of nitrogens with one attached hydrogen (secondary N) is 1. The highest BCUT2D eigenvalue weighted by atomic mass is 16.5. The lowest BCUT2D eigenvalue weighted by Gasteiger charge is -2.25. The van der Waals surface area contributed by atoms with Crippen molar-refractivity contribution in [3.05, 3.63) is 29.8 Å². The summed E-state index contributed by atoms with van der Waals surface area (Å²) >= 11 is 0. The van der Waals surface area contributed by atoms with Crippen LogP contribution in [-0.4, -0.2) is 19.2 Å². The molecule has 17 heavy (non-hydrogen) atoms. The van der Waals surface area contributed by atoms with E-state index in [-0.39, 0.29) is 5.41 Å². The van der Waals surface area contributed by atoms with Crippen LogP contribution in [0.25, 0.3) is 0 Å². The molecule has 1 fully saturated rings. The molecule has 2 nitrogen and oxygen atoms in total. The van der Waals surface area contributed by atoms with Crippen LogP contribution in [-0.2, 0) is 0 Å². The first-order chi connectivity index (χ1) is 8.05. The summed E-state index contributed by atoms with van der Waals surface area (Å²) in [6.45, 7) is 8.38. The van der Waals surface area contributed by atoms with Crippen LogP contribution >= 0.6 is 0 Å². The minimum absolute atomic E-state index is 0.187. The highest BCUT2D eigenvalue weighted by molar-refractivity contribution is 5.27. The molecule has 0 spiro atoms. The minimum Gasteiger partial charge on any atom is -0.493 e. The summed E-state index contributed by atoms with van der Waals surface area (Å²) in [5.41, 5.74) is 1.43. The van der Waals surface area contributed by atoms with Gasteiger partial charge in [0.1, 0.15) is 5.75 Å². The summed E-state index contributed by atoms with van der Waals surface area (Å²) in [6, 6.07) is 9.02. The average Bonchev–Trinajstić information content (AvgIpc) is 3.08. The van der Waals surface area contributed by atoms with Crippen LogP contribution in [0.4, 0.5) is 0 Å². The van der Waals surface area contributed by atoms with Crippen LogP contribution in [0.3, 0.4) is 0 Å². The summed E-state index contributed by atoms with van der Waals surface area (Å²) in [7, 11) is 0. The molecular weight excluding hydrogens is 210 g/mol. The number of hydrogen-bond donors (Lipinski definition) is 1. The standard InChI is InChI=1S/C15H23NO/c1-12-5-4-6-14(9-12)17-11-15(2,3)10-16-13-7-8-13/h4-6,9,13,16H,7-8,10-11H2,1-3H3.